The zero-order valence-corrected chi connectivity index (χ0v) is 12.3. The number of halogens is 6. The molecule has 0 aromatic heterocycles. The molecule has 0 amide bonds. The molecule has 0 aliphatic rings. The van der Waals surface area contributed by atoms with E-state index in [9.17, 15) is 31.2 Å². The van der Waals surface area contributed by atoms with Gasteiger partial charge in [-0.1, -0.05) is 12.1 Å². The van der Waals surface area contributed by atoms with Crippen LogP contribution in [0.5, 0.6) is 0 Å². The van der Waals surface area contributed by atoms with Crippen molar-refractivity contribution < 1.29 is 26.3 Å². The van der Waals surface area contributed by atoms with Crippen LogP contribution in [0, 0.1) is 4.91 Å². The van der Waals surface area contributed by atoms with Gasteiger partial charge in [-0.05, 0) is 36.7 Å². The van der Waals surface area contributed by atoms with Gasteiger partial charge < -0.3 is 0 Å². The molecule has 0 N–H and O–H groups in total. The van der Waals surface area contributed by atoms with Crippen LogP contribution in [0.1, 0.15) is 30.0 Å². The first-order valence-electron chi connectivity index (χ1n) is 6.87. The molecule has 0 radical (unpaired) electrons. The molecule has 1 aromatic carbocycles. The maximum absolute atomic E-state index is 12.8. The van der Waals surface area contributed by atoms with Gasteiger partial charge in [0.15, 0.2) is 0 Å². The van der Waals surface area contributed by atoms with Crippen LogP contribution in [-0.2, 0) is 18.9 Å². The van der Waals surface area contributed by atoms with Crippen LogP contribution >= 0.6 is 0 Å². The monoisotopic (exact) mass is 342 g/mol. The molecule has 0 atom stereocenters. The zero-order valence-electron chi connectivity index (χ0n) is 12.3. The lowest BCUT2D eigenvalue weighted by molar-refractivity contribution is -0.143. The fourth-order valence-electron chi connectivity index (χ4n) is 2.14. The maximum atomic E-state index is 12.8. The molecule has 1 aromatic rings. The van der Waals surface area contributed by atoms with E-state index < -0.39 is 23.5 Å². The van der Waals surface area contributed by atoms with E-state index in [-0.39, 0.29) is 31.3 Å². The fourth-order valence-corrected chi connectivity index (χ4v) is 2.14. The fraction of sp³-hybridized carbons (Fsp3) is 0.571. The number of alkyl halides is 6. The van der Waals surface area contributed by atoms with Crippen molar-refractivity contribution in [1.29, 1.82) is 0 Å². The van der Waals surface area contributed by atoms with Gasteiger partial charge in [-0.3, -0.25) is 4.90 Å². The van der Waals surface area contributed by atoms with Gasteiger partial charge in [-0.2, -0.15) is 31.2 Å². The van der Waals surface area contributed by atoms with Crippen molar-refractivity contribution in [2.75, 3.05) is 19.6 Å². The Morgan fingerprint density at radius 2 is 1.48 bits per heavy atom. The van der Waals surface area contributed by atoms with Crippen LogP contribution in [0.4, 0.5) is 26.3 Å². The Balaban J connectivity index is 3.15. The molecular formula is C14H16F6N2O. The van der Waals surface area contributed by atoms with Crippen molar-refractivity contribution >= 4 is 0 Å². The van der Waals surface area contributed by atoms with Crippen molar-refractivity contribution in [2.24, 2.45) is 5.18 Å². The van der Waals surface area contributed by atoms with Crippen LogP contribution in [0.3, 0.4) is 0 Å². The standard InChI is InChI=1S/C14H16F6N2O/c1-2-4-22(5-3-21-23)9-10-6-11(13(15,16)17)8-12(7-10)14(18,19)20/h6-8H,2-5,9H2,1H3. The minimum absolute atomic E-state index is 0.0783. The molecule has 1 rings (SSSR count). The van der Waals surface area contributed by atoms with E-state index >= 15 is 0 Å². The Hall–Kier alpha value is -1.64. The molecule has 0 aliphatic heterocycles. The van der Waals surface area contributed by atoms with Gasteiger partial charge in [-0.15, -0.1) is 0 Å². The van der Waals surface area contributed by atoms with Crippen molar-refractivity contribution in [3.05, 3.63) is 39.8 Å². The number of nitrogens with zero attached hydrogens (tertiary/aromatic N) is 2. The SMILES string of the molecule is CCCN(CCN=O)Cc1cc(C(F)(F)F)cc(C(F)(F)F)c1. The summed E-state index contributed by atoms with van der Waals surface area (Å²) in [6.07, 6.45) is -9.09. The van der Waals surface area contributed by atoms with Crippen molar-refractivity contribution in [3.8, 4) is 0 Å². The maximum Gasteiger partial charge on any atom is 0.416 e. The highest BCUT2D eigenvalue weighted by Crippen LogP contribution is 2.36. The number of hydrogen-bond acceptors (Lipinski definition) is 3. The summed E-state index contributed by atoms with van der Waals surface area (Å²) < 4.78 is 76.7. The molecule has 0 bridgehead atoms. The first-order valence-corrected chi connectivity index (χ1v) is 6.87. The molecule has 130 valence electrons. The molecule has 3 nitrogen and oxygen atoms in total. The first kappa shape index (κ1) is 19.4. The van der Waals surface area contributed by atoms with E-state index in [0.717, 1.165) is 0 Å². The number of hydrogen-bond donors (Lipinski definition) is 0. The smallest absolute Gasteiger partial charge is 0.297 e. The molecule has 9 heteroatoms. The van der Waals surface area contributed by atoms with Gasteiger partial charge in [0.25, 0.3) is 0 Å². The highest BCUT2D eigenvalue weighted by atomic mass is 19.4. The van der Waals surface area contributed by atoms with Crippen LogP contribution in [0.25, 0.3) is 0 Å². The summed E-state index contributed by atoms with van der Waals surface area (Å²) >= 11 is 0. The molecule has 0 unspecified atom stereocenters. The largest absolute Gasteiger partial charge is 0.416 e. The Morgan fingerprint density at radius 3 is 1.87 bits per heavy atom. The van der Waals surface area contributed by atoms with Gasteiger partial charge in [0.05, 0.1) is 17.7 Å². The van der Waals surface area contributed by atoms with Gasteiger partial charge in [0.2, 0.25) is 0 Å². The second-order valence-electron chi connectivity index (χ2n) is 5.04. The first-order chi connectivity index (χ1) is 10.6. The third kappa shape index (κ3) is 6.17. The Labute approximate surface area is 129 Å². The van der Waals surface area contributed by atoms with Crippen LogP contribution < -0.4 is 0 Å². The lowest BCUT2D eigenvalue weighted by atomic mass is 10.0. The Bertz CT molecular complexity index is 495. The highest BCUT2D eigenvalue weighted by molar-refractivity contribution is 5.33. The van der Waals surface area contributed by atoms with Gasteiger partial charge in [-0.25, -0.2) is 0 Å². The topological polar surface area (TPSA) is 32.7 Å². The summed E-state index contributed by atoms with van der Waals surface area (Å²) in [6.45, 7) is 2.23. The predicted octanol–water partition coefficient (Wildman–Crippen LogP) is 4.70. The molecule has 0 saturated heterocycles. The van der Waals surface area contributed by atoms with E-state index in [1.807, 2.05) is 6.92 Å². The molecule has 0 heterocycles. The molecular weight excluding hydrogens is 326 g/mol. The Kier molecular flexibility index (Phi) is 6.55. The summed E-state index contributed by atoms with van der Waals surface area (Å²) in [7, 11) is 0. The van der Waals surface area contributed by atoms with Crippen LogP contribution in [0.15, 0.2) is 23.4 Å². The van der Waals surface area contributed by atoms with E-state index in [4.69, 9.17) is 0 Å². The quantitative estimate of drug-likeness (QED) is 0.531. The third-order valence-corrected chi connectivity index (χ3v) is 3.10. The van der Waals surface area contributed by atoms with Crippen molar-refractivity contribution in [1.82, 2.24) is 4.90 Å². The molecule has 0 spiro atoms. The average Bonchev–Trinajstić information content (AvgIpc) is 2.43. The van der Waals surface area contributed by atoms with Crippen LogP contribution in [-0.4, -0.2) is 24.5 Å². The van der Waals surface area contributed by atoms with E-state index in [1.54, 1.807) is 4.90 Å². The highest BCUT2D eigenvalue weighted by Gasteiger charge is 2.36. The van der Waals surface area contributed by atoms with E-state index in [1.165, 1.54) is 0 Å². The Morgan fingerprint density at radius 1 is 0.957 bits per heavy atom. The zero-order chi connectivity index (χ0) is 17.7. The summed E-state index contributed by atoms with van der Waals surface area (Å²) in [4.78, 5) is 11.8. The lowest BCUT2D eigenvalue weighted by Crippen LogP contribution is -2.27. The summed E-state index contributed by atoms with van der Waals surface area (Å²) in [5.74, 6) is 0. The van der Waals surface area contributed by atoms with Gasteiger partial charge in [0.1, 0.15) is 0 Å². The van der Waals surface area contributed by atoms with Gasteiger partial charge >= 0.3 is 12.4 Å². The summed E-state index contributed by atoms with van der Waals surface area (Å²) in [5, 5.41) is 2.66. The molecule has 23 heavy (non-hydrogen) atoms. The van der Waals surface area contributed by atoms with Crippen LogP contribution in [0.2, 0.25) is 0 Å². The minimum atomic E-state index is -4.87. The number of benzene rings is 1. The van der Waals surface area contributed by atoms with Gasteiger partial charge in [0, 0.05) is 13.1 Å². The van der Waals surface area contributed by atoms with Crippen molar-refractivity contribution in [2.45, 2.75) is 32.2 Å². The number of nitroso groups, excluding NO2 is 1. The second-order valence-corrected chi connectivity index (χ2v) is 5.04. The minimum Gasteiger partial charge on any atom is -0.297 e. The summed E-state index contributed by atoms with van der Waals surface area (Å²) in [5.41, 5.74) is -2.79. The normalized spacial score (nSPS) is 12.7. The number of rotatable bonds is 7. The predicted molar refractivity (Wildman–Crippen MR) is 72.7 cm³/mol. The summed E-state index contributed by atoms with van der Waals surface area (Å²) in [6, 6.07) is 1.50. The second kappa shape index (κ2) is 7.76. The molecule has 0 fully saturated rings. The average molecular weight is 342 g/mol. The lowest BCUT2D eigenvalue weighted by Gasteiger charge is -2.22. The molecule has 0 saturated carbocycles. The van der Waals surface area contributed by atoms with Crippen molar-refractivity contribution in [3.63, 3.8) is 0 Å². The van der Waals surface area contributed by atoms with E-state index in [0.29, 0.717) is 25.1 Å². The van der Waals surface area contributed by atoms with E-state index in [2.05, 4.69) is 5.18 Å². The molecule has 0 aliphatic carbocycles. The third-order valence-electron chi connectivity index (χ3n) is 3.10.